The quantitative estimate of drug-likeness (QED) is 0.905. The molecule has 0 saturated heterocycles. The van der Waals surface area contributed by atoms with Gasteiger partial charge in [-0.2, -0.15) is 0 Å². The Hall–Kier alpha value is -0.870. The number of rotatable bonds is 2. The minimum atomic E-state index is -3.41. The Kier molecular flexibility index (Phi) is 2.98. The van der Waals surface area contributed by atoms with Gasteiger partial charge in [-0.25, -0.2) is 8.42 Å². The smallest absolute Gasteiger partial charge is 0.184 e. The monoisotopic (exact) mass is 280 g/mol. The number of fused-ring (bicyclic) bond motifs is 1. The molecule has 104 valence electrons. The van der Waals surface area contributed by atoms with E-state index >= 15 is 0 Å². The predicted octanol–water partition coefficient (Wildman–Crippen LogP) is 2.40. The van der Waals surface area contributed by atoms with E-state index < -0.39 is 20.7 Å². The average Bonchev–Trinajstić information content (AvgIpc) is 2.39. The second-order valence-corrected chi connectivity index (χ2v) is 8.13. The van der Waals surface area contributed by atoms with Crippen LogP contribution in [0.5, 0.6) is 0 Å². The fourth-order valence-electron chi connectivity index (χ4n) is 3.86. The Morgan fingerprint density at radius 2 is 1.89 bits per heavy atom. The normalized spacial score (nSPS) is 38.3. The molecule has 1 aromatic carbocycles. The molecule has 2 fully saturated rings. The van der Waals surface area contributed by atoms with Crippen molar-refractivity contribution in [2.24, 2.45) is 11.8 Å². The molecule has 0 spiro atoms. The van der Waals surface area contributed by atoms with Crippen LogP contribution in [0.2, 0.25) is 0 Å². The molecule has 0 bridgehead atoms. The van der Waals surface area contributed by atoms with Gasteiger partial charge >= 0.3 is 0 Å². The Balaban J connectivity index is 1.96. The van der Waals surface area contributed by atoms with Gasteiger partial charge in [0.25, 0.3) is 0 Å². The summed E-state index contributed by atoms with van der Waals surface area (Å²) < 4.78 is 25.3. The van der Waals surface area contributed by atoms with E-state index in [0.717, 1.165) is 19.3 Å². The molecule has 19 heavy (non-hydrogen) atoms. The minimum Gasteiger partial charge on any atom is -0.388 e. The van der Waals surface area contributed by atoms with Crippen molar-refractivity contribution in [2.75, 3.05) is 0 Å². The summed E-state index contributed by atoms with van der Waals surface area (Å²) in [5.74, 6) is 0.239. The van der Waals surface area contributed by atoms with Crippen molar-refractivity contribution in [3.8, 4) is 0 Å². The fraction of sp³-hybridized carbons (Fsp3) is 0.600. The van der Waals surface area contributed by atoms with Gasteiger partial charge in [-0.15, -0.1) is 0 Å². The molecular weight excluding hydrogens is 260 g/mol. The molecule has 0 aliphatic heterocycles. The summed E-state index contributed by atoms with van der Waals surface area (Å²) in [6.45, 7) is 1.98. The molecule has 2 saturated carbocycles. The van der Waals surface area contributed by atoms with Crippen molar-refractivity contribution in [2.45, 2.75) is 48.4 Å². The van der Waals surface area contributed by atoms with E-state index in [4.69, 9.17) is 0 Å². The number of benzene rings is 1. The lowest BCUT2D eigenvalue weighted by Gasteiger charge is -2.57. The van der Waals surface area contributed by atoms with E-state index in [-0.39, 0.29) is 11.8 Å². The number of hydrogen-bond donors (Lipinski definition) is 1. The molecule has 1 aromatic rings. The van der Waals surface area contributed by atoms with Gasteiger partial charge < -0.3 is 5.11 Å². The van der Waals surface area contributed by atoms with E-state index in [9.17, 15) is 13.5 Å². The molecule has 4 heteroatoms. The van der Waals surface area contributed by atoms with Crippen molar-refractivity contribution in [1.29, 1.82) is 0 Å². The standard InChI is InChI=1S/C15H20O3S/c1-11-6-5-7-12-10-14(15(11,12)16)19(17,18)13-8-3-2-4-9-13/h2-4,8-9,11-12,14,16H,5-7,10H2,1H3/t11-,12+,14+,15-/m1/s1. The third kappa shape index (κ3) is 1.77. The maximum Gasteiger partial charge on any atom is 0.184 e. The summed E-state index contributed by atoms with van der Waals surface area (Å²) in [7, 11) is -3.41. The van der Waals surface area contributed by atoms with Crippen molar-refractivity contribution >= 4 is 9.84 Å². The molecule has 0 aromatic heterocycles. The third-order valence-corrected chi connectivity index (χ3v) is 7.34. The molecule has 2 aliphatic carbocycles. The van der Waals surface area contributed by atoms with Crippen molar-refractivity contribution in [1.82, 2.24) is 0 Å². The number of sulfone groups is 1. The lowest BCUT2D eigenvalue weighted by atomic mass is 9.57. The average molecular weight is 280 g/mol. The van der Waals surface area contributed by atoms with Crippen LogP contribution in [0.4, 0.5) is 0 Å². The summed E-state index contributed by atoms with van der Waals surface area (Å²) >= 11 is 0. The highest BCUT2D eigenvalue weighted by molar-refractivity contribution is 7.92. The summed E-state index contributed by atoms with van der Waals surface area (Å²) in [4.78, 5) is 0.338. The molecule has 0 unspecified atom stereocenters. The lowest BCUT2D eigenvalue weighted by molar-refractivity contribution is -0.149. The third-order valence-electron chi connectivity index (χ3n) is 5.09. The topological polar surface area (TPSA) is 54.4 Å². The molecule has 2 aliphatic rings. The first-order valence-electron chi connectivity index (χ1n) is 6.98. The van der Waals surface area contributed by atoms with Crippen LogP contribution in [0.3, 0.4) is 0 Å². The second-order valence-electron chi connectivity index (χ2n) is 6.00. The zero-order valence-corrected chi connectivity index (χ0v) is 11.9. The first-order valence-corrected chi connectivity index (χ1v) is 8.53. The Labute approximate surface area is 114 Å². The van der Waals surface area contributed by atoms with Crippen LogP contribution in [-0.4, -0.2) is 24.4 Å². The first-order chi connectivity index (χ1) is 8.97. The number of aliphatic hydroxyl groups is 1. The summed E-state index contributed by atoms with van der Waals surface area (Å²) in [6.07, 6.45) is 3.60. The van der Waals surface area contributed by atoms with Crippen LogP contribution in [0, 0.1) is 11.8 Å². The van der Waals surface area contributed by atoms with E-state index in [0.29, 0.717) is 11.3 Å². The fourth-order valence-corrected chi connectivity index (χ4v) is 6.13. The van der Waals surface area contributed by atoms with Gasteiger partial charge in [0.05, 0.1) is 15.7 Å². The van der Waals surface area contributed by atoms with Crippen molar-refractivity contribution in [3.05, 3.63) is 30.3 Å². The lowest BCUT2D eigenvalue weighted by Crippen LogP contribution is -2.67. The van der Waals surface area contributed by atoms with Gasteiger partial charge in [0, 0.05) is 0 Å². The van der Waals surface area contributed by atoms with Crippen LogP contribution < -0.4 is 0 Å². The summed E-state index contributed by atoms with van der Waals surface area (Å²) in [6, 6.07) is 8.52. The molecule has 3 rings (SSSR count). The Morgan fingerprint density at radius 3 is 2.53 bits per heavy atom. The summed E-state index contributed by atoms with van der Waals surface area (Å²) in [5, 5.41) is 10.3. The second kappa shape index (κ2) is 4.32. The Morgan fingerprint density at radius 1 is 1.21 bits per heavy atom. The van der Waals surface area contributed by atoms with Gasteiger partial charge in [0.1, 0.15) is 0 Å². The van der Waals surface area contributed by atoms with Gasteiger partial charge in [-0.05, 0) is 43.2 Å². The van der Waals surface area contributed by atoms with Crippen LogP contribution in [0.15, 0.2) is 35.2 Å². The predicted molar refractivity (Wildman–Crippen MR) is 73.5 cm³/mol. The minimum absolute atomic E-state index is 0.0727. The van der Waals surface area contributed by atoms with Crippen molar-refractivity contribution < 1.29 is 13.5 Å². The molecule has 0 radical (unpaired) electrons. The van der Waals surface area contributed by atoms with Crippen LogP contribution in [0.1, 0.15) is 32.6 Å². The molecule has 1 N–H and O–H groups in total. The van der Waals surface area contributed by atoms with E-state index in [2.05, 4.69) is 0 Å². The van der Waals surface area contributed by atoms with Gasteiger partial charge in [-0.1, -0.05) is 31.5 Å². The van der Waals surface area contributed by atoms with E-state index in [1.807, 2.05) is 6.92 Å². The molecule has 0 amide bonds. The van der Waals surface area contributed by atoms with E-state index in [1.165, 1.54) is 0 Å². The van der Waals surface area contributed by atoms with E-state index in [1.54, 1.807) is 30.3 Å². The van der Waals surface area contributed by atoms with Crippen molar-refractivity contribution in [3.63, 3.8) is 0 Å². The van der Waals surface area contributed by atoms with Gasteiger partial charge in [0.2, 0.25) is 0 Å². The highest BCUT2D eigenvalue weighted by atomic mass is 32.2. The SMILES string of the molecule is C[C@@H]1CCC[C@H]2C[C@H](S(=O)(=O)c3ccccc3)[C@]21O. The van der Waals surface area contributed by atoms with Crippen LogP contribution in [-0.2, 0) is 9.84 Å². The molecule has 4 atom stereocenters. The largest absolute Gasteiger partial charge is 0.388 e. The number of hydrogen-bond acceptors (Lipinski definition) is 3. The van der Waals surface area contributed by atoms with Crippen LogP contribution in [0.25, 0.3) is 0 Å². The zero-order valence-electron chi connectivity index (χ0n) is 11.1. The maximum absolute atomic E-state index is 12.7. The zero-order chi connectivity index (χ0) is 13.7. The van der Waals surface area contributed by atoms with Crippen LogP contribution >= 0.6 is 0 Å². The highest BCUT2D eigenvalue weighted by Gasteiger charge is 2.62. The first kappa shape index (κ1) is 13.1. The Bertz CT molecular complexity index is 558. The van der Waals surface area contributed by atoms with Gasteiger partial charge in [-0.3, -0.25) is 0 Å². The summed E-state index contributed by atoms with van der Waals surface area (Å²) in [5.41, 5.74) is -1.01. The molecule has 0 heterocycles. The molecular formula is C15H20O3S. The molecule has 3 nitrogen and oxygen atoms in total. The maximum atomic E-state index is 12.7. The highest BCUT2D eigenvalue weighted by Crippen LogP contribution is 2.55. The van der Waals surface area contributed by atoms with Gasteiger partial charge in [0.15, 0.2) is 9.84 Å².